The molecule has 1 atom stereocenters. The number of hydrogen-bond acceptors (Lipinski definition) is 6. The molecule has 0 aliphatic carbocycles. The van der Waals surface area contributed by atoms with E-state index in [0.29, 0.717) is 6.54 Å². The lowest BCUT2D eigenvalue weighted by Gasteiger charge is -2.21. The molecule has 1 aliphatic rings. The Morgan fingerprint density at radius 2 is 2.30 bits per heavy atom. The Labute approximate surface area is 117 Å². The fraction of sp³-hybridized carbons (Fsp3) is 0.583. The fourth-order valence-electron chi connectivity index (χ4n) is 2.06. The van der Waals surface area contributed by atoms with Gasteiger partial charge in [-0.25, -0.2) is 13.2 Å². The van der Waals surface area contributed by atoms with Crippen LogP contribution in [0.4, 0.5) is 0 Å². The van der Waals surface area contributed by atoms with E-state index >= 15 is 0 Å². The number of hydrogen-bond donors (Lipinski definition) is 1. The molecule has 1 aromatic heterocycles. The van der Waals surface area contributed by atoms with Gasteiger partial charge in [-0.3, -0.25) is 0 Å². The Kier molecular flexibility index (Phi) is 4.46. The first-order valence-corrected chi connectivity index (χ1v) is 7.86. The highest BCUT2D eigenvalue weighted by molar-refractivity contribution is 7.89. The van der Waals surface area contributed by atoms with Crippen LogP contribution in [0.25, 0.3) is 0 Å². The van der Waals surface area contributed by atoms with Gasteiger partial charge in [-0.15, -0.1) is 0 Å². The number of carbonyl (C=O) groups excluding carboxylic acids is 1. The Morgan fingerprint density at radius 3 is 2.90 bits per heavy atom. The molecule has 112 valence electrons. The van der Waals surface area contributed by atoms with Gasteiger partial charge >= 0.3 is 5.97 Å². The molecule has 0 saturated carbocycles. The quantitative estimate of drug-likeness (QED) is 0.794. The Morgan fingerprint density at radius 1 is 1.55 bits per heavy atom. The highest BCUT2D eigenvalue weighted by Crippen LogP contribution is 2.21. The van der Waals surface area contributed by atoms with Crippen LogP contribution in [0.15, 0.2) is 21.6 Å². The number of rotatable bonds is 5. The SMILES string of the molecule is CCOC(=O)c1ccc(S(=O)(=O)N(C)C2CCNC2)o1. The normalized spacial score (nSPS) is 19.4. The molecule has 0 bridgehead atoms. The number of nitrogens with zero attached hydrogens (tertiary/aromatic N) is 1. The molecular formula is C12H18N2O5S. The highest BCUT2D eigenvalue weighted by atomic mass is 32.2. The number of esters is 1. The summed E-state index contributed by atoms with van der Waals surface area (Å²) in [5.41, 5.74) is 0. The average Bonchev–Trinajstić information content (AvgIpc) is 3.09. The molecule has 1 saturated heterocycles. The second-order valence-corrected chi connectivity index (χ2v) is 6.44. The van der Waals surface area contributed by atoms with Gasteiger partial charge in [0, 0.05) is 19.6 Å². The van der Waals surface area contributed by atoms with Crippen LogP contribution in [0, 0.1) is 0 Å². The summed E-state index contributed by atoms with van der Waals surface area (Å²) in [6, 6.07) is 2.49. The number of ether oxygens (including phenoxy) is 1. The van der Waals surface area contributed by atoms with Crippen molar-refractivity contribution in [3.05, 3.63) is 17.9 Å². The van der Waals surface area contributed by atoms with E-state index in [2.05, 4.69) is 5.32 Å². The van der Waals surface area contributed by atoms with Crippen molar-refractivity contribution in [3.8, 4) is 0 Å². The highest BCUT2D eigenvalue weighted by Gasteiger charge is 2.32. The van der Waals surface area contributed by atoms with E-state index in [-0.39, 0.29) is 23.5 Å². The zero-order chi connectivity index (χ0) is 14.8. The number of furan rings is 1. The van der Waals surface area contributed by atoms with Gasteiger partial charge in [-0.2, -0.15) is 4.31 Å². The third kappa shape index (κ3) is 2.87. The Balaban J connectivity index is 2.19. The van der Waals surface area contributed by atoms with Crippen molar-refractivity contribution in [2.75, 3.05) is 26.7 Å². The average molecular weight is 302 g/mol. The third-order valence-corrected chi connectivity index (χ3v) is 5.02. The van der Waals surface area contributed by atoms with Crippen molar-refractivity contribution < 1.29 is 22.4 Å². The first-order chi connectivity index (χ1) is 9.46. The summed E-state index contributed by atoms with van der Waals surface area (Å²) in [5, 5.41) is 2.87. The fourth-order valence-corrected chi connectivity index (χ4v) is 3.35. The van der Waals surface area contributed by atoms with Gasteiger partial charge in [0.05, 0.1) is 6.61 Å². The molecule has 0 amide bonds. The molecule has 1 aromatic rings. The van der Waals surface area contributed by atoms with Gasteiger partial charge in [0.1, 0.15) is 0 Å². The Hall–Kier alpha value is -1.38. The molecule has 0 radical (unpaired) electrons. The molecule has 1 unspecified atom stereocenters. The molecule has 0 spiro atoms. The van der Waals surface area contributed by atoms with E-state index in [9.17, 15) is 13.2 Å². The number of nitrogens with one attached hydrogen (secondary N) is 1. The van der Waals surface area contributed by atoms with Crippen molar-refractivity contribution in [2.24, 2.45) is 0 Å². The predicted molar refractivity (Wildman–Crippen MR) is 70.9 cm³/mol. The minimum Gasteiger partial charge on any atom is -0.460 e. The largest absolute Gasteiger partial charge is 0.460 e. The van der Waals surface area contributed by atoms with Crippen LogP contribution < -0.4 is 5.32 Å². The van der Waals surface area contributed by atoms with E-state index in [1.807, 2.05) is 0 Å². The van der Waals surface area contributed by atoms with Crippen LogP contribution in [-0.2, 0) is 14.8 Å². The van der Waals surface area contributed by atoms with Gasteiger partial charge in [-0.05, 0) is 32.0 Å². The van der Waals surface area contributed by atoms with Crippen molar-refractivity contribution in [1.82, 2.24) is 9.62 Å². The monoisotopic (exact) mass is 302 g/mol. The number of likely N-dealkylation sites (N-methyl/N-ethyl adjacent to an activating group) is 1. The van der Waals surface area contributed by atoms with Crippen LogP contribution in [0.3, 0.4) is 0 Å². The molecule has 0 aromatic carbocycles. The van der Waals surface area contributed by atoms with Crippen molar-refractivity contribution in [2.45, 2.75) is 24.5 Å². The molecule has 1 aliphatic heterocycles. The van der Waals surface area contributed by atoms with Crippen LogP contribution in [-0.4, -0.2) is 51.5 Å². The number of sulfonamides is 1. The van der Waals surface area contributed by atoms with Crippen LogP contribution in [0.2, 0.25) is 0 Å². The second-order valence-electron chi connectivity index (χ2n) is 4.51. The smallest absolute Gasteiger partial charge is 0.374 e. The zero-order valence-corrected chi connectivity index (χ0v) is 12.3. The van der Waals surface area contributed by atoms with Gasteiger partial charge in [0.2, 0.25) is 10.9 Å². The lowest BCUT2D eigenvalue weighted by molar-refractivity contribution is 0.0483. The second kappa shape index (κ2) is 5.94. The minimum atomic E-state index is -3.73. The summed E-state index contributed by atoms with van der Waals surface area (Å²) in [6.45, 7) is 3.27. The van der Waals surface area contributed by atoms with Gasteiger partial charge in [-0.1, -0.05) is 0 Å². The molecule has 20 heavy (non-hydrogen) atoms. The summed E-state index contributed by atoms with van der Waals surface area (Å²) in [5.74, 6) is -0.775. The molecule has 1 fully saturated rings. The number of carbonyl (C=O) groups is 1. The van der Waals surface area contributed by atoms with Crippen molar-refractivity contribution in [3.63, 3.8) is 0 Å². The van der Waals surface area contributed by atoms with Crippen LogP contribution in [0.1, 0.15) is 23.9 Å². The summed E-state index contributed by atoms with van der Waals surface area (Å²) >= 11 is 0. The molecule has 8 heteroatoms. The van der Waals surface area contributed by atoms with Crippen molar-refractivity contribution in [1.29, 1.82) is 0 Å². The van der Waals surface area contributed by atoms with Gasteiger partial charge < -0.3 is 14.5 Å². The lowest BCUT2D eigenvalue weighted by Crippen LogP contribution is -2.38. The van der Waals surface area contributed by atoms with Gasteiger partial charge in [0.15, 0.2) is 0 Å². The first-order valence-electron chi connectivity index (χ1n) is 6.42. The standard InChI is InChI=1S/C12H18N2O5S/c1-3-18-12(15)10-4-5-11(19-10)20(16,17)14(2)9-6-7-13-8-9/h4-5,9,13H,3,6-8H2,1-2H3. The molecule has 2 heterocycles. The summed E-state index contributed by atoms with van der Waals surface area (Å²) < 4.78 is 35.9. The predicted octanol–water partition coefficient (Wildman–Crippen LogP) is 0.439. The van der Waals surface area contributed by atoms with Crippen molar-refractivity contribution >= 4 is 16.0 Å². The summed E-state index contributed by atoms with van der Waals surface area (Å²) in [4.78, 5) is 11.5. The van der Waals surface area contributed by atoms with Gasteiger partial charge in [0.25, 0.3) is 10.0 Å². The maximum Gasteiger partial charge on any atom is 0.374 e. The van der Waals surface area contributed by atoms with E-state index in [0.717, 1.165) is 13.0 Å². The van der Waals surface area contributed by atoms with E-state index in [1.165, 1.54) is 23.5 Å². The molecular weight excluding hydrogens is 284 g/mol. The zero-order valence-electron chi connectivity index (χ0n) is 11.5. The topological polar surface area (TPSA) is 88.9 Å². The minimum absolute atomic E-state index is 0.101. The summed E-state index contributed by atoms with van der Waals surface area (Å²) in [7, 11) is -2.22. The summed E-state index contributed by atoms with van der Waals surface area (Å²) in [6.07, 6.45) is 0.751. The third-order valence-electron chi connectivity index (χ3n) is 3.24. The Bertz CT molecular complexity index is 574. The maximum atomic E-state index is 12.4. The van der Waals surface area contributed by atoms with Crippen LogP contribution in [0.5, 0.6) is 0 Å². The van der Waals surface area contributed by atoms with E-state index in [1.54, 1.807) is 6.92 Å². The van der Waals surface area contributed by atoms with Crippen LogP contribution >= 0.6 is 0 Å². The van der Waals surface area contributed by atoms with E-state index in [4.69, 9.17) is 9.15 Å². The lowest BCUT2D eigenvalue weighted by atomic mass is 10.3. The molecule has 7 nitrogen and oxygen atoms in total. The molecule has 2 rings (SSSR count). The van der Waals surface area contributed by atoms with E-state index < -0.39 is 16.0 Å². The molecule has 1 N–H and O–H groups in total. The maximum absolute atomic E-state index is 12.4. The first kappa shape index (κ1) is 15.0.